The molecule has 1 aliphatic rings. The van der Waals surface area contributed by atoms with Crippen LogP contribution >= 0.6 is 0 Å². The van der Waals surface area contributed by atoms with E-state index in [0.29, 0.717) is 12.5 Å². The van der Waals surface area contributed by atoms with Gasteiger partial charge in [-0.25, -0.2) is 8.42 Å². The van der Waals surface area contributed by atoms with Crippen LogP contribution in [0.4, 0.5) is 0 Å². The molecular weight excluding hydrogens is 310 g/mol. The van der Waals surface area contributed by atoms with E-state index in [4.69, 9.17) is 0 Å². The Hall–Kier alpha value is -1.36. The maximum Gasteiger partial charge on any atom is 0.223 e. The first-order chi connectivity index (χ1) is 10.9. The zero-order valence-corrected chi connectivity index (χ0v) is 14.7. The highest BCUT2D eigenvalue weighted by Gasteiger charge is 2.22. The molecule has 1 aromatic rings. The first kappa shape index (κ1) is 18.0. The number of benzene rings is 1. The van der Waals surface area contributed by atoms with Gasteiger partial charge in [0.05, 0.1) is 5.75 Å². The van der Waals surface area contributed by atoms with Crippen molar-refractivity contribution in [3.63, 3.8) is 0 Å². The molecule has 0 unspecified atom stereocenters. The molecule has 0 bridgehead atoms. The molecule has 0 saturated heterocycles. The van der Waals surface area contributed by atoms with E-state index in [1.165, 1.54) is 38.4 Å². The van der Waals surface area contributed by atoms with E-state index in [-0.39, 0.29) is 18.1 Å². The molecule has 1 amide bonds. The van der Waals surface area contributed by atoms with Crippen LogP contribution in [0, 0.1) is 5.92 Å². The number of rotatable bonds is 7. The third-order valence-electron chi connectivity index (χ3n) is 4.46. The summed E-state index contributed by atoms with van der Waals surface area (Å²) in [5.41, 5.74) is 1.09. The second-order valence-electron chi connectivity index (χ2n) is 6.64. The molecule has 1 saturated carbocycles. The normalized spacial score (nSPS) is 16.2. The summed E-state index contributed by atoms with van der Waals surface area (Å²) in [7, 11) is -3.11. The maximum atomic E-state index is 12.5. The Morgan fingerprint density at radius 3 is 2.39 bits per heavy atom. The molecule has 128 valence electrons. The van der Waals surface area contributed by atoms with Gasteiger partial charge in [-0.05, 0) is 24.3 Å². The highest BCUT2D eigenvalue weighted by atomic mass is 32.2. The van der Waals surface area contributed by atoms with Gasteiger partial charge in [0.15, 0.2) is 0 Å². The lowest BCUT2D eigenvalue weighted by atomic mass is 9.89. The number of amides is 1. The Balaban J connectivity index is 2.01. The van der Waals surface area contributed by atoms with Gasteiger partial charge in [0, 0.05) is 25.8 Å². The van der Waals surface area contributed by atoms with Gasteiger partial charge in [0.2, 0.25) is 5.91 Å². The van der Waals surface area contributed by atoms with Crippen molar-refractivity contribution in [1.82, 2.24) is 4.90 Å². The lowest BCUT2D eigenvalue weighted by molar-refractivity contribution is -0.132. The smallest absolute Gasteiger partial charge is 0.223 e. The molecular formula is C18H27NO3S. The Morgan fingerprint density at radius 2 is 1.78 bits per heavy atom. The maximum absolute atomic E-state index is 12.5. The topological polar surface area (TPSA) is 54.5 Å². The zero-order chi connectivity index (χ0) is 16.7. The minimum absolute atomic E-state index is 0.0511. The lowest BCUT2D eigenvalue weighted by Crippen LogP contribution is -2.36. The molecule has 0 aliphatic heterocycles. The summed E-state index contributed by atoms with van der Waals surface area (Å²) in [4.78, 5) is 14.4. The van der Waals surface area contributed by atoms with E-state index >= 15 is 0 Å². The van der Waals surface area contributed by atoms with Crippen LogP contribution in [0.3, 0.4) is 0 Å². The third kappa shape index (κ3) is 6.73. The number of nitrogens with zero attached hydrogens (tertiary/aromatic N) is 1. The van der Waals surface area contributed by atoms with Crippen LogP contribution < -0.4 is 0 Å². The van der Waals surface area contributed by atoms with E-state index in [1.807, 2.05) is 35.2 Å². The Bertz CT molecular complexity index is 592. The molecule has 0 spiro atoms. The van der Waals surface area contributed by atoms with Crippen molar-refractivity contribution in [3.8, 4) is 0 Å². The van der Waals surface area contributed by atoms with E-state index in [1.54, 1.807) is 0 Å². The lowest BCUT2D eigenvalue weighted by Gasteiger charge is -2.30. The van der Waals surface area contributed by atoms with Crippen molar-refractivity contribution in [2.45, 2.75) is 45.1 Å². The minimum atomic E-state index is -3.11. The molecule has 2 rings (SSSR count). The summed E-state index contributed by atoms with van der Waals surface area (Å²) < 4.78 is 22.7. The van der Waals surface area contributed by atoms with Crippen LogP contribution in [0.5, 0.6) is 0 Å². The fraction of sp³-hybridized carbons (Fsp3) is 0.611. The van der Waals surface area contributed by atoms with E-state index < -0.39 is 9.84 Å². The predicted octanol–water partition coefficient (Wildman–Crippen LogP) is 3.03. The standard InChI is InChI=1S/C18H27NO3S/c1-23(21,22)13-12-18(20)19(14-16-8-4-2-5-9-16)15-17-10-6-3-7-11-17/h2,4-5,8-9,17H,3,6-7,10-15H2,1H3. The van der Waals surface area contributed by atoms with Crippen molar-refractivity contribution in [3.05, 3.63) is 35.9 Å². The average molecular weight is 337 g/mol. The summed E-state index contributed by atoms with van der Waals surface area (Å²) in [5, 5.41) is 0. The first-order valence-electron chi connectivity index (χ1n) is 8.43. The third-order valence-corrected chi connectivity index (χ3v) is 5.40. The number of carbonyl (C=O) groups excluding carboxylic acids is 1. The monoisotopic (exact) mass is 337 g/mol. The predicted molar refractivity (Wildman–Crippen MR) is 92.8 cm³/mol. The average Bonchev–Trinajstić information content (AvgIpc) is 2.53. The summed E-state index contributed by atoms with van der Waals surface area (Å²) in [5.74, 6) is 0.432. The highest BCUT2D eigenvalue weighted by Crippen LogP contribution is 2.25. The molecule has 0 N–H and O–H groups in total. The molecule has 0 aromatic heterocycles. The van der Waals surface area contributed by atoms with Crippen LogP contribution in [0.25, 0.3) is 0 Å². The summed E-state index contributed by atoms with van der Waals surface area (Å²) >= 11 is 0. The highest BCUT2D eigenvalue weighted by molar-refractivity contribution is 7.90. The van der Waals surface area contributed by atoms with Crippen molar-refractivity contribution >= 4 is 15.7 Å². The molecule has 0 radical (unpaired) electrons. The van der Waals surface area contributed by atoms with Crippen LogP contribution in [0.15, 0.2) is 30.3 Å². The molecule has 1 aromatic carbocycles. The SMILES string of the molecule is CS(=O)(=O)CCC(=O)N(Cc1ccccc1)CC1CCCCC1. The van der Waals surface area contributed by atoms with Gasteiger partial charge in [-0.2, -0.15) is 0 Å². The number of hydrogen-bond donors (Lipinski definition) is 0. The fourth-order valence-electron chi connectivity index (χ4n) is 3.17. The Labute approximate surface area is 139 Å². The van der Waals surface area contributed by atoms with Crippen LogP contribution in [-0.2, 0) is 21.2 Å². The molecule has 1 fully saturated rings. The van der Waals surface area contributed by atoms with Gasteiger partial charge in [-0.3, -0.25) is 4.79 Å². The van der Waals surface area contributed by atoms with E-state index in [2.05, 4.69) is 0 Å². The Kier molecular flexibility index (Phi) is 6.63. The van der Waals surface area contributed by atoms with E-state index in [0.717, 1.165) is 12.1 Å². The molecule has 23 heavy (non-hydrogen) atoms. The number of carbonyl (C=O) groups is 1. The van der Waals surface area contributed by atoms with Crippen LogP contribution in [0.2, 0.25) is 0 Å². The van der Waals surface area contributed by atoms with Gasteiger partial charge in [-0.1, -0.05) is 49.6 Å². The molecule has 0 atom stereocenters. The molecule has 5 heteroatoms. The van der Waals surface area contributed by atoms with Crippen molar-refractivity contribution in [2.75, 3.05) is 18.6 Å². The van der Waals surface area contributed by atoms with E-state index in [9.17, 15) is 13.2 Å². The summed E-state index contributed by atoms with van der Waals surface area (Å²) in [6.45, 7) is 1.32. The quantitative estimate of drug-likeness (QED) is 0.768. The largest absolute Gasteiger partial charge is 0.338 e. The summed E-state index contributed by atoms with van der Waals surface area (Å²) in [6.07, 6.45) is 7.37. The van der Waals surface area contributed by atoms with Crippen molar-refractivity contribution < 1.29 is 13.2 Å². The van der Waals surface area contributed by atoms with Gasteiger partial charge in [0.25, 0.3) is 0 Å². The van der Waals surface area contributed by atoms with Gasteiger partial charge >= 0.3 is 0 Å². The second-order valence-corrected chi connectivity index (χ2v) is 8.90. The van der Waals surface area contributed by atoms with Gasteiger partial charge in [-0.15, -0.1) is 0 Å². The number of sulfone groups is 1. The molecule has 1 aliphatic carbocycles. The number of hydrogen-bond acceptors (Lipinski definition) is 3. The molecule has 0 heterocycles. The first-order valence-corrected chi connectivity index (χ1v) is 10.5. The second kappa shape index (κ2) is 8.48. The van der Waals surface area contributed by atoms with Crippen LogP contribution in [-0.4, -0.2) is 37.8 Å². The Morgan fingerprint density at radius 1 is 1.13 bits per heavy atom. The van der Waals surface area contributed by atoms with Gasteiger partial charge in [0.1, 0.15) is 9.84 Å². The molecule has 4 nitrogen and oxygen atoms in total. The van der Waals surface area contributed by atoms with Crippen LogP contribution in [0.1, 0.15) is 44.1 Å². The van der Waals surface area contributed by atoms with Gasteiger partial charge < -0.3 is 4.90 Å². The van der Waals surface area contributed by atoms with Crippen molar-refractivity contribution in [2.24, 2.45) is 5.92 Å². The zero-order valence-electron chi connectivity index (χ0n) is 13.9. The fourth-order valence-corrected chi connectivity index (χ4v) is 3.72. The summed E-state index contributed by atoms with van der Waals surface area (Å²) in [6, 6.07) is 9.92. The minimum Gasteiger partial charge on any atom is -0.338 e. The van der Waals surface area contributed by atoms with Crippen molar-refractivity contribution in [1.29, 1.82) is 0 Å².